The van der Waals surface area contributed by atoms with E-state index in [4.69, 9.17) is 9.47 Å². The molecule has 0 unspecified atom stereocenters. The average Bonchev–Trinajstić information content (AvgIpc) is 2.86. The number of hydrazine groups is 1. The lowest BCUT2D eigenvalue weighted by Gasteiger charge is -2.30. The summed E-state index contributed by atoms with van der Waals surface area (Å²) in [6, 6.07) is 12.4. The number of hydrogen-bond acceptors (Lipinski definition) is 7. The highest BCUT2D eigenvalue weighted by molar-refractivity contribution is 7.90. The third kappa shape index (κ3) is 8.21. The first-order chi connectivity index (χ1) is 17.3. The van der Waals surface area contributed by atoms with Crippen molar-refractivity contribution < 1.29 is 27.5 Å². The number of carbonyl (C=O) groups is 2. The van der Waals surface area contributed by atoms with Gasteiger partial charge in [0, 0.05) is 26.7 Å². The van der Waals surface area contributed by atoms with E-state index in [2.05, 4.69) is 22.4 Å². The molecule has 3 rings (SSSR count). The maximum atomic E-state index is 12.6. The van der Waals surface area contributed by atoms with E-state index < -0.39 is 16.1 Å². The molecule has 1 aliphatic heterocycles. The van der Waals surface area contributed by atoms with Crippen molar-refractivity contribution in [2.45, 2.75) is 31.1 Å². The third-order valence-corrected chi connectivity index (χ3v) is 7.23. The number of sulfonamides is 1. The van der Waals surface area contributed by atoms with Gasteiger partial charge in [-0.15, -0.1) is 0 Å². The molecule has 0 spiro atoms. The highest BCUT2D eigenvalue weighted by Crippen LogP contribution is 2.18. The van der Waals surface area contributed by atoms with Crippen molar-refractivity contribution in [3.05, 3.63) is 59.7 Å². The summed E-state index contributed by atoms with van der Waals surface area (Å²) in [4.78, 5) is 24.7. The zero-order valence-corrected chi connectivity index (χ0v) is 21.5. The summed E-state index contributed by atoms with van der Waals surface area (Å²) in [5.74, 6) is 0.811. The normalized spacial score (nSPS) is 14.7. The van der Waals surface area contributed by atoms with Gasteiger partial charge in [-0.2, -0.15) is 0 Å². The van der Waals surface area contributed by atoms with E-state index >= 15 is 0 Å². The fourth-order valence-electron chi connectivity index (χ4n) is 3.73. The van der Waals surface area contributed by atoms with Crippen LogP contribution in [0, 0.1) is 5.92 Å². The van der Waals surface area contributed by atoms with Gasteiger partial charge in [0.1, 0.15) is 12.4 Å². The first kappa shape index (κ1) is 27.4. The molecular formula is C25H34N4O6S. The van der Waals surface area contributed by atoms with Crippen molar-refractivity contribution >= 4 is 22.0 Å². The number of nitrogens with zero attached hydrogens (tertiary/aromatic N) is 1. The van der Waals surface area contributed by atoms with Gasteiger partial charge >= 0.3 is 6.03 Å². The van der Waals surface area contributed by atoms with Crippen LogP contribution in [0.3, 0.4) is 0 Å². The minimum atomic E-state index is -4.00. The number of benzene rings is 2. The van der Waals surface area contributed by atoms with Gasteiger partial charge in [-0.3, -0.25) is 10.2 Å². The Labute approximate surface area is 212 Å². The molecule has 0 bridgehead atoms. The molecule has 2 aromatic carbocycles. The maximum Gasteiger partial charge on any atom is 0.343 e. The number of ether oxygens (including phenoxy) is 2. The quantitative estimate of drug-likeness (QED) is 0.390. The number of piperidine rings is 1. The molecule has 1 fully saturated rings. The smallest absolute Gasteiger partial charge is 0.343 e. The van der Waals surface area contributed by atoms with Gasteiger partial charge in [-0.1, -0.05) is 31.2 Å². The van der Waals surface area contributed by atoms with Gasteiger partial charge in [0.25, 0.3) is 15.9 Å². The second-order valence-electron chi connectivity index (χ2n) is 8.70. The van der Waals surface area contributed by atoms with Crippen molar-refractivity contribution in [2.75, 3.05) is 40.0 Å². The van der Waals surface area contributed by atoms with Crippen molar-refractivity contribution in [3.8, 4) is 5.75 Å². The molecule has 2 aromatic rings. The van der Waals surface area contributed by atoms with Gasteiger partial charge < -0.3 is 14.8 Å². The van der Waals surface area contributed by atoms with Gasteiger partial charge in [0.15, 0.2) is 0 Å². The highest BCUT2D eigenvalue weighted by Gasteiger charge is 2.21. The van der Waals surface area contributed by atoms with Crippen LogP contribution in [0.4, 0.5) is 4.79 Å². The van der Waals surface area contributed by atoms with Gasteiger partial charge in [0.05, 0.1) is 17.1 Å². The predicted octanol–water partition coefficient (Wildman–Crippen LogP) is 2.32. The third-order valence-electron chi connectivity index (χ3n) is 5.88. The standard InChI is InChI=1S/C25H34N4O6S/c1-19-12-15-29(16-13-19)27-25(31)28-36(32,33)21-9-7-20(8-10-21)11-14-26-24(30)22-5-3-4-6-23(22)35-18-17-34-2/h3-10,19H,11-18H2,1-2H3,(H,26,30)(H2,27,28,31). The van der Waals surface area contributed by atoms with Crippen LogP contribution in [-0.4, -0.2) is 65.3 Å². The molecule has 0 aliphatic carbocycles. The van der Waals surface area contributed by atoms with E-state index in [1.165, 1.54) is 12.1 Å². The number of nitrogens with one attached hydrogen (secondary N) is 3. The lowest BCUT2D eigenvalue weighted by atomic mass is 10.0. The van der Waals surface area contributed by atoms with Gasteiger partial charge in [0.2, 0.25) is 0 Å². The topological polar surface area (TPSA) is 126 Å². The van der Waals surface area contributed by atoms with Crippen LogP contribution in [-0.2, 0) is 21.2 Å². The number of carbonyl (C=O) groups excluding carboxylic acids is 2. The zero-order chi connectivity index (χ0) is 26.0. The van der Waals surface area contributed by atoms with E-state index in [0.29, 0.717) is 56.5 Å². The molecule has 0 saturated carbocycles. The number of methoxy groups -OCH3 is 1. The van der Waals surface area contributed by atoms with Crippen LogP contribution in [0.25, 0.3) is 0 Å². The van der Waals surface area contributed by atoms with E-state index in [1.54, 1.807) is 48.5 Å². The summed E-state index contributed by atoms with van der Waals surface area (Å²) < 4.78 is 37.8. The first-order valence-corrected chi connectivity index (χ1v) is 13.4. The molecule has 3 amide bonds. The molecule has 0 radical (unpaired) electrons. The maximum absolute atomic E-state index is 12.6. The fourth-order valence-corrected chi connectivity index (χ4v) is 4.64. The van der Waals surface area contributed by atoms with Crippen LogP contribution in [0.2, 0.25) is 0 Å². The number of rotatable bonds is 11. The second-order valence-corrected chi connectivity index (χ2v) is 10.4. The van der Waals surface area contributed by atoms with Gasteiger partial charge in [-0.25, -0.2) is 22.9 Å². The molecule has 3 N–H and O–H groups in total. The van der Waals surface area contributed by atoms with Crippen molar-refractivity contribution in [1.82, 2.24) is 20.5 Å². The molecule has 1 saturated heterocycles. The summed E-state index contributed by atoms with van der Waals surface area (Å²) in [6.07, 6.45) is 2.40. The molecule has 196 valence electrons. The van der Waals surface area contributed by atoms with Crippen LogP contribution < -0.4 is 20.2 Å². The molecule has 1 aliphatic rings. The lowest BCUT2D eigenvalue weighted by Crippen LogP contribution is -2.51. The summed E-state index contributed by atoms with van der Waals surface area (Å²) in [5, 5.41) is 4.58. The van der Waals surface area contributed by atoms with Gasteiger partial charge in [-0.05, 0) is 55.0 Å². The Balaban J connectivity index is 1.48. The van der Waals surface area contributed by atoms with E-state index in [-0.39, 0.29) is 10.8 Å². The molecule has 0 atom stereocenters. The summed E-state index contributed by atoms with van der Waals surface area (Å²) in [5.41, 5.74) is 3.86. The summed E-state index contributed by atoms with van der Waals surface area (Å²) in [6.45, 7) is 4.63. The summed E-state index contributed by atoms with van der Waals surface area (Å²) in [7, 11) is -2.43. The minimum absolute atomic E-state index is 0.0140. The highest BCUT2D eigenvalue weighted by atomic mass is 32.2. The lowest BCUT2D eigenvalue weighted by molar-refractivity contribution is 0.0946. The minimum Gasteiger partial charge on any atom is -0.490 e. The Morgan fingerprint density at radius 3 is 2.42 bits per heavy atom. The average molecular weight is 519 g/mol. The Kier molecular flexibility index (Phi) is 10.1. The monoisotopic (exact) mass is 518 g/mol. The molecule has 11 heteroatoms. The number of para-hydroxylation sites is 1. The fraction of sp³-hybridized carbons (Fsp3) is 0.440. The van der Waals surface area contributed by atoms with Crippen LogP contribution in [0.1, 0.15) is 35.7 Å². The molecule has 1 heterocycles. The summed E-state index contributed by atoms with van der Waals surface area (Å²) >= 11 is 0. The van der Waals surface area contributed by atoms with E-state index in [1.807, 2.05) is 0 Å². The number of amides is 3. The molecule has 36 heavy (non-hydrogen) atoms. The van der Waals surface area contributed by atoms with Crippen molar-refractivity contribution in [3.63, 3.8) is 0 Å². The van der Waals surface area contributed by atoms with Crippen LogP contribution in [0.15, 0.2) is 53.4 Å². The molecular weight excluding hydrogens is 484 g/mol. The van der Waals surface area contributed by atoms with Crippen molar-refractivity contribution in [2.24, 2.45) is 5.92 Å². The molecule has 10 nitrogen and oxygen atoms in total. The Morgan fingerprint density at radius 2 is 1.72 bits per heavy atom. The Hall–Kier alpha value is -3.15. The zero-order valence-electron chi connectivity index (χ0n) is 20.7. The largest absolute Gasteiger partial charge is 0.490 e. The van der Waals surface area contributed by atoms with E-state index in [9.17, 15) is 18.0 Å². The van der Waals surface area contributed by atoms with E-state index in [0.717, 1.165) is 18.4 Å². The van der Waals surface area contributed by atoms with Crippen LogP contribution >= 0.6 is 0 Å². The Bertz CT molecular complexity index is 1120. The number of urea groups is 1. The van der Waals surface area contributed by atoms with Crippen LogP contribution in [0.5, 0.6) is 5.75 Å². The Morgan fingerprint density at radius 1 is 1.03 bits per heavy atom. The molecule has 0 aromatic heterocycles. The number of hydrogen-bond donors (Lipinski definition) is 3. The van der Waals surface area contributed by atoms with Crippen molar-refractivity contribution in [1.29, 1.82) is 0 Å². The predicted molar refractivity (Wildman–Crippen MR) is 135 cm³/mol. The SMILES string of the molecule is COCCOc1ccccc1C(=O)NCCc1ccc(S(=O)(=O)NC(=O)NN2CCC(C)CC2)cc1. The first-order valence-electron chi connectivity index (χ1n) is 11.9. The second kappa shape index (κ2) is 13.2.